The molecule has 5 nitrogen and oxygen atoms in total. The summed E-state index contributed by atoms with van der Waals surface area (Å²) in [6.07, 6.45) is 1.12. The predicted molar refractivity (Wildman–Crippen MR) is 89.2 cm³/mol. The highest BCUT2D eigenvalue weighted by atomic mass is 16.5. The van der Waals surface area contributed by atoms with E-state index in [0.29, 0.717) is 17.9 Å². The minimum Gasteiger partial charge on any atom is -0.495 e. The molecule has 0 aliphatic heterocycles. The van der Waals surface area contributed by atoms with Crippen LogP contribution in [0, 0.1) is 5.41 Å². The molecule has 1 unspecified atom stereocenters. The van der Waals surface area contributed by atoms with Crippen LogP contribution in [0.2, 0.25) is 0 Å². The lowest BCUT2D eigenvalue weighted by Crippen LogP contribution is -2.37. The van der Waals surface area contributed by atoms with Crippen LogP contribution in [-0.4, -0.2) is 37.3 Å². The Morgan fingerprint density at radius 3 is 2.68 bits per heavy atom. The van der Waals surface area contributed by atoms with Crippen LogP contribution in [0.15, 0.2) is 24.3 Å². The van der Waals surface area contributed by atoms with Crippen molar-refractivity contribution < 1.29 is 14.6 Å². The van der Waals surface area contributed by atoms with E-state index < -0.39 is 0 Å². The topological polar surface area (TPSA) is 70.6 Å². The van der Waals surface area contributed by atoms with Crippen LogP contribution in [0.5, 0.6) is 5.75 Å². The standard InChI is InChI=1S/C17H28N2O3/c1-13(18-12-17(2,3)9-10-20)11-16(21)19-14-7-5-6-8-15(14)22-4/h5-8,13,18,20H,9-12H2,1-4H3,(H,19,21). The van der Waals surface area contributed by atoms with E-state index in [2.05, 4.69) is 24.5 Å². The Balaban J connectivity index is 2.44. The largest absolute Gasteiger partial charge is 0.495 e. The molecule has 1 rings (SSSR count). The van der Waals surface area contributed by atoms with Crippen LogP contribution >= 0.6 is 0 Å². The van der Waals surface area contributed by atoms with E-state index in [1.807, 2.05) is 31.2 Å². The van der Waals surface area contributed by atoms with Crippen molar-refractivity contribution in [1.29, 1.82) is 0 Å². The summed E-state index contributed by atoms with van der Waals surface area (Å²) < 4.78 is 5.22. The summed E-state index contributed by atoms with van der Waals surface area (Å²) in [7, 11) is 1.58. The Morgan fingerprint density at radius 2 is 2.05 bits per heavy atom. The first-order chi connectivity index (χ1) is 10.4. The number of carbonyl (C=O) groups excluding carboxylic acids is 1. The van der Waals surface area contributed by atoms with Gasteiger partial charge in [0.05, 0.1) is 12.8 Å². The number of amides is 1. The first-order valence-electron chi connectivity index (χ1n) is 7.65. The van der Waals surface area contributed by atoms with E-state index in [1.165, 1.54) is 0 Å². The minimum absolute atomic E-state index is 0.0160. The molecule has 3 N–H and O–H groups in total. The van der Waals surface area contributed by atoms with E-state index in [0.717, 1.165) is 13.0 Å². The van der Waals surface area contributed by atoms with Gasteiger partial charge in [0.2, 0.25) is 5.91 Å². The normalized spacial score (nSPS) is 12.8. The Morgan fingerprint density at radius 1 is 1.36 bits per heavy atom. The van der Waals surface area contributed by atoms with Gasteiger partial charge in [0.1, 0.15) is 5.75 Å². The molecule has 0 aromatic heterocycles. The third kappa shape index (κ3) is 6.45. The number of aliphatic hydroxyl groups is 1. The number of hydrogen-bond acceptors (Lipinski definition) is 4. The lowest BCUT2D eigenvalue weighted by Gasteiger charge is -2.26. The van der Waals surface area contributed by atoms with Gasteiger partial charge in [-0.15, -0.1) is 0 Å². The van der Waals surface area contributed by atoms with Crippen molar-refractivity contribution in [1.82, 2.24) is 5.32 Å². The average Bonchev–Trinajstić information content (AvgIpc) is 2.45. The number of aliphatic hydroxyl groups excluding tert-OH is 1. The fraction of sp³-hybridized carbons (Fsp3) is 0.588. The Kier molecular flexibility index (Phi) is 7.35. The lowest BCUT2D eigenvalue weighted by atomic mass is 9.89. The van der Waals surface area contributed by atoms with Crippen LogP contribution in [-0.2, 0) is 4.79 Å². The molecule has 0 fully saturated rings. The Labute approximate surface area is 133 Å². The third-order valence-corrected chi connectivity index (χ3v) is 3.59. The summed E-state index contributed by atoms with van der Waals surface area (Å²) in [5.74, 6) is 0.602. The highest BCUT2D eigenvalue weighted by Gasteiger charge is 2.19. The molecule has 1 aromatic rings. The number of benzene rings is 1. The highest BCUT2D eigenvalue weighted by molar-refractivity contribution is 5.92. The molecule has 0 radical (unpaired) electrons. The predicted octanol–water partition coefficient (Wildman–Crippen LogP) is 2.41. The van der Waals surface area contributed by atoms with Gasteiger partial charge < -0.3 is 20.5 Å². The number of para-hydroxylation sites is 2. The van der Waals surface area contributed by atoms with Gasteiger partial charge in [0, 0.05) is 25.6 Å². The van der Waals surface area contributed by atoms with Gasteiger partial charge in [-0.1, -0.05) is 26.0 Å². The summed E-state index contributed by atoms with van der Waals surface area (Å²) >= 11 is 0. The third-order valence-electron chi connectivity index (χ3n) is 3.59. The zero-order valence-electron chi connectivity index (χ0n) is 14.0. The molecule has 0 bridgehead atoms. The van der Waals surface area contributed by atoms with Gasteiger partial charge >= 0.3 is 0 Å². The second kappa shape index (κ2) is 8.76. The molecular weight excluding hydrogens is 280 g/mol. The number of rotatable bonds is 9. The first kappa shape index (κ1) is 18.5. The van der Waals surface area contributed by atoms with E-state index in [9.17, 15) is 4.79 Å². The van der Waals surface area contributed by atoms with Crippen LogP contribution in [0.1, 0.15) is 33.6 Å². The molecule has 0 saturated heterocycles. The van der Waals surface area contributed by atoms with Gasteiger partial charge in [0.25, 0.3) is 0 Å². The molecule has 1 amide bonds. The zero-order chi connectivity index (χ0) is 16.6. The highest BCUT2D eigenvalue weighted by Crippen LogP contribution is 2.23. The molecule has 5 heteroatoms. The summed E-state index contributed by atoms with van der Waals surface area (Å²) in [6, 6.07) is 7.42. The Bertz CT molecular complexity index is 475. The van der Waals surface area contributed by atoms with Crippen molar-refractivity contribution in [2.75, 3.05) is 25.6 Å². The molecule has 124 valence electrons. The van der Waals surface area contributed by atoms with E-state index >= 15 is 0 Å². The molecular formula is C17H28N2O3. The van der Waals surface area contributed by atoms with Crippen molar-refractivity contribution in [3.05, 3.63) is 24.3 Å². The smallest absolute Gasteiger partial charge is 0.226 e. The average molecular weight is 308 g/mol. The van der Waals surface area contributed by atoms with E-state index in [-0.39, 0.29) is 24.0 Å². The van der Waals surface area contributed by atoms with E-state index in [1.54, 1.807) is 7.11 Å². The van der Waals surface area contributed by atoms with Crippen molar-refractivity contribution in [2.45, 2.75) is 39.7 Å². The summed E-state index contributed by atoms with van der Waals surface area (Å²) in [5.41, 5.74) is 0.699. The van der Waals surface area contributed by atoms with Gasteiger partial charge in [-0.2, -0.15) is 0 Å². The zero-order valence-corrected chi connectivity index (χ0v) is 14.0. The van der Waals surface area contributed by atoms with Crippen LogP contribution in [0.25, 0.3) is 0 Å². The van der Waals surface area contributed by atoms with Crippen LogP contribution < -0.4 is 15.4 Å². The fourth-order valence-electron chi connectivity index (χ4n) is 2.14. The fourth-order valence-corrected chi connectivity index (χ4v) is 2.14. The van der Waals surface area contributed by atoms with Gasteiger partial charge in [-0.05, 0) is 30.9 Å². The second-order valence-electron chi connectivity index (χ2n) is 6.37. The number of methoxy groups -OCH3 is 1. The molecule has 0 aliphatic rings. The minimum atomic E-state index is -0.0514. The molecule has 0 saturated carbocycles. The Hall–Kier alpha value is -1.59. The van der Waals surface area contributed by atoms with Crippen LogP contribution in [0.4, 0.5) is 5.69 Å². The number of nitrogens with one attached hydrogen (secondary N) is 2. The quantitative estimate of drug-likeness (QED) is 0.655. The maximum absolute atomic E-state index is 12.1. The van der Waals surface area contributed by atoms with Gasteiger partial charge in [-0.25, -0.2) is 0 Å². The monoisotopic (exact) mass is 308 g/mol. The van der Waals surface area contributed by atoms with Gasteiger partial charge in [-0.3, -0.25) is 4.79 Å². The molecule has 1 aromatic carbocycles. The van der Waals surface area contributed by atoms with Crippen LogP contribution in [0.3, 0.4) is 0 Å². The molecule has 22 heavy (non-hydrogen) atoms. The number of anilines is 1. The second-order valence-corrected chi connectivity index (χ2v) is 6.37. The van der Waals surface area contributed by atoms with Crippen molar-refractivity contribution >= 4 is 11.6 Å². The van der Waals surface area contributed by atoms with E-state index in [4.69, 9.17) is 9.84 Å². The van der Waals surface area contributed by atoms with Gasteiger partial charge in [0.15, 0.2) is 0 Å². The first-order valence-corrected chi connectivity index (χ1v) is 7.65. The SMILES string of the molecule is COc1ccccc1NC(=O)CC(C)NCC(C)(C)CCO. The number of hydrogen-bond donors (Lipinski definition) is 3. The maximum Gasteiger partial charge on any atom is 0.226 e. The molecule has 0 heterocycles. The lowest BCUT2D eigenvalue weighted by molar-refractivity contribution is -0.116. The summed E-state index contributed by atoms with van der Waals surface area (Å²) in [5, 5.41) is 15.2. The van der Waals surface area contributed by atoms with Crippen molar-refractivity contribution in [2.24, 2.45) is 5.41 Å². The molecule has 0 spiro atoms. The maximum atomic E-state index is 12.1. The van der Waals surface area contributed by atoms with Crippen molar-refractivity contribution in [3.63, 3.8) is 0 Å². The summed E-state index contributed by atoms with van der Waals surface area (Å²) in [6.45, 7) is 7.11. The number of carbonyl (C=O) groups is 1. The number of ether oxygens (including phenoxy) is 1. The molecule has 0 aliphatic carbocycles. The van der Waals surface area contributed by atoms with Crippen molar-refractivity contribution in [3.8, 4) is 5.75 Å². The molecule has 1 atom stereocenters. The summed E-state index contributed by atoms with van der Waals surface area (Å²) in [4.78, 5) is 12.1.